The van der Waals surface area contributed by atoms with Crippen LogP contribution in [0.1, 0.15) is 73.1 Å². The van der Waals surface area contributed by atoms with Crippen molar-refractivity contribution in [3.05, 3.63) is 0 Å². The third-order valence-corrected chi connectivity index (χ3v) is 5.10. The Balaban J connectivity index is 2.57. The van der Waals surface area contributed by atoms with Crippen LogP contribution in [-0.4, -0.2) is 25.3 Å². The summed E-state index contributed by atoms with van der Waals surface area (Å²) >= 11 is 0. The van der Waals surface area contributed by atoms with Gasteiger partial charge in [-0.2, -0.15) is 0 Å². The van der Waals surface area contributed by atoms with Crippen molar-refractivity contribution >= 4 is 0 Å². The molecule has 1 rings (SSSR count). The van der Waals surface area contributed by atoms with E-state index in [2.05, 4.69) is 39.9 Å². The van der Waals surface area contributed by atoms with E-state index in [-0.39, 0.29) is 0 Å². The number of unbranched alkanes of at least 4 members (excludes halogenated alkanes) is 1. The highest BCUT2D eigenvalue weighted by molar-refractivity contribution is 4.90. The minimum Gasteiger partial charge on any atom is -0.377 e. The second-order valence-corrected chi connectivity index (χ2v) is 6.78. The van der Waals surface area contributed by atoms with Crippen LogP contribution < -0.4 is 5.32 Å². The largest absolute Gasteiger partial charge is 0.377 e. The second kappa shape index (κ2) is 8.26. The molecule has 0 saturated heterocycles. The van der Waals surface area contributed by atoms with Crippen LogP contribution in [0.5, 0.6) is 0 Å². The molecule has 1 saturated carbocycles. The van der Waals surface area contributed by atoms with Crippen LogP contribution in [0.2, 0.25) is 0 Å². The van der Waals surface area contributed by atoms with Gasteiger partial charge in [0.2, 0.25) is 0 Å². The van der Waals surface area contributed by atoms with Crippen molar-refractivity contribution in [2.75, 3.05) is 13.2 Å². The van der Waals surface area contributed by atoms with E-state index in [1.54, 1.807) is 0 Å². The number of rotatable bonds is 8. The van der Waals surface area contributed by atoms with Crippen LogP contribution in [0.25, 0.3) is 0 Å². The standard InChI is InChI=1S/C17H35NO/c1-6-9-12-19-16-13-14(17(4,5)7-2)10-11-15(16)18-8-3/h14-16,18H,6-13H2,1-5H3. The Bertz CT molecular complexity index is 239. The molecule has 2 nitrogen and oxygen atoms in total. The molecule has 0 aliphatic heterocycles. The summed E-state index contributed by atoms with van der Waals surface area (Å²) in [4.78, 5) is 0. The van der Waals surface area contributed by atoms with Crippen LogP contribution in [0.15, 0.2) is 0 Å². The predicted molar refractivity (Wildman–Crippen MR) is 83.5 cm³/mol. The first kappa shape index (κ1) is 17.0. The fraction of sp³-hybridized carbons (Fsp3) is 1.00. The van der Waals surface area contributed by atoms with Crippen molar-refractivity contribution in [3.63, 3.8) is 0 Å². The molecule has 0 bridgehead atoms. The van der Waals surface area contributed by atoms with Gasteiger partial charge in [-0.05, 0) is 43.6 Å². The van der Waals surface area contributed by atoms with Crippen molar-refractivity contribution in [2.24, 2.45) is 11.3 Å². The third kappa shape index (κ3) is 5.07. The second-order valence-electron chi connectivity index (χ2n) is 6.78. The number of ether oxygens (including phenoxy) is 1. The van der Waals surface area contributed by atoms with Gasteiger partial charge >= 0.3 is 0 Å². The molecule has 3 atom stereocenters. The summed E-state index contributed by atoms with van der Waals surface area (Å²) in [6.45, 7) is 13.6. The van der Waals surface area contributed by atoms with E-state index in [4.69, 9.17) is 4.74 Å². The molecule has 1 N–H and O–H groups in total. The van der Waals surface area contributed by atoms with E-state index in [9.17, 15) is 0 Å². The smallest absolute Gasteiger partial charge is 0.0730 e. The average Bonchev–Trinajstić information content (AvgIpc) is 2.41. The number of hydrogen-bond donors (Lipinski definition) is 1. The highest BCUT2D eigenvalue weighted by Crippen LogP contribution is 2.41. The Kier molecular flexibility index (Phi) is 7.38. The highest BCUT2D eigenvalue weighted by Gasteiger charge is 2.37. The maximum atomic E-state index is 6.20. The van der Waals surface area contributed by atoms with Crippen molar-refractivity contribution < 1.29 is 4.74 Å². The van der Waals surface area contributed by atoms with Gasteiger partial charge in [0.1, 0.15) is 0 Å². The van der Waals surface area contributed by atoms with Gasteiger partial charge in [-0.1, -0.05) is 47.5 Å². The first-order chi connectivity index (χ1) is 9.05. The van der Waals surface area contributed by atoms with Crippen molar-refractivity contribution in [3.8, 4) is 0 Å². The summed E-state index contributed by atoms with van der Waals surface area (Å²) in [6.07, 6.45) is 7.98. The topological polar surface area (TPSA) is 21.3 Å². The van der Waals surface area contributed by atoms with E-state index in [1.165, 1.54) is 38.5 Å². The molecule has 0 aromatic heterocycles. The van der Waals surface area contributed by atoms with Gasteiger partial charge in [0.05, 0.1) is 6.10 Å². The minimum atomic E-state index is 0.427. The third-order valence-electron chi connectivity index (χ3n) is 5.10. The lowest BCUT2D eigenvalue weighted by atomic mass is 9.68. The van der Waals surface area contributed by atoms with E-state index in [0.29, 0.717) is 17.6 Å². The van der Waals surface area contributed by atoms with Crippen LogP contribution in [0.4, 0.5) is 0 Å². The molecule has 3 unspecified atom stereocenters. The molecule has 0 aromatic rings. The summed E-state index contributed by atoms with van der Waals surface area (Å²) < 4.78 is 6.20. The monoisotopic (exact) mass is 269 g/mol. The van der Waals surface area contributed by atoms with Gasteiger partial charge < -0.3 is 10.1 Å². The Morgan fingerprint density at radius 2 is 1.89 bits per heavy atom. The summed E-state index contributed by atoms with van der Waals surface area (Å²) in [5.74, 6) is 0.819. The normalized spacial score (nSPS) is 28.6. The fourth-order valence-corrected chi connectivity index (χ4v) is 3.19. The van der Waals surface area contributed by atoms with Gasteiger partial charge in [-0.3, -0.25) is 0 Å². The number of likely N-dealkylation sites (N-methyl/N-ethyl adjacent to an activating group) is 1. The Morgan fingerprint density at radius 1 is 1.16 bits per heavy atom. The van der Waals surface area contributed by atoms with Gasteiger partial charge in [-0.25, -0.2) is 0 Å². The zero-order chi connectivity index (χ0) is 14.3. The first-order valence-electron chi connectivity index (χ1n) is 8.40. The summed E-state index contributed by atoms with van der Waals surface area (Å²) in [5.41, 5.74) is 0.462. The van der Waals surface area contributed by atoms with Gasteiger partial charge in [-0.15, -0.1) is 0 Å². The molecule has 1 fully saturated rings. The van der Waals surface area contributed by atoms with Gasteiger partial charge in [0, 0.05) is 12.6 Å². The lowest BCUT2D eigenvalue weighted by molar-refractivity contribution is -0.0316. The lowest BCUT2D eigenvalue weighted by Gasteiger charge is -2.43. The van der Waals surface area contributed by atoms with E-state index in [1.807, 2.05) is 0 Å². The molecule has 1 aliphatic carbocycles. The van der Waals surface area contributed by atoms with Crippen LogP contribution in [0, 0.1) is 11.3 Å². The summed E-state index contributed by atoms with van der Waals surface area (Å²) in [5, 5.41) is 3.63. The molecule has 0 radical (unpaired) electrons. The zero-order valence-corrected chi connectivity index (χ0v) is 13.8. The predicted octanol–water partition coefficient (Wildman–Crippen LogP) is 4.39. The Labute approximate surface area is 120 Å². The van der Waals surface area contributed by atoms with Crippen molar-refractivity contribution in [1.82, 2.24) is 5.32 Å². The Hall–Kier alpha value is -0.0800. The molecule has 0 spiro atoms. The first-order valence-corrected chi connectivity index (χ1v) is 8.40. The van der Waals surface area contributed by atoms with E-state index < -0.39 is 0 Å². The summed E-state index contributed by atoms with van der Waals surface area (Å²) in [7, 11) is 0. The average molecular weight is 269 g/mol. The van der Waals surface area contributed by atoms with Crippen LogP contribution >= 0.6 is 0 Å². The molecule has 0 heterocycles. The highest BCUT2D eigenvalue weighted by atomic mass is 16.5. The summed E-state index contributed by atoms with van der Waals surface area (Å²) in [6, 6.07) is 0.575. The number of hydrogen-bond acceptors (Lipinski definition) is 2. The molecule has 19 heavy (non-hydrogen) atoms. The van der Waals surface area contributed by atoms with E-state index in [0.717, 1.165) is 19.1 Å². The van der Waals surface area contributed by atoms with Crippen LogP contribution in [-0.2, 0) is 4.74 Å². The van der Waals surface area contributed by atoms with Gasteiger partial charge in [0.25, 0.3) is 0 Å². The maximum Gasteiger partial charge on any atom is 0.0730 e. The molecular formula is C17H35NO. The maximum absolute atomic E-state index is 6.20. The molecule has 0 aromatic carbocycles. The quantitative estimate of drug-likeness (QED) is 0.660. The minimum absolute atomic E-state index is 0.427. The number of nitrogens with one attached hydrogen (secondary N) is 1. The fourth-order valence-electron chi connectivity index (χ4n) is 3.19. The van der Waals surface area contributed by atoms with Crippen LogP contribution in [0.3, 0.4) is 0 Å². The SMILES string of the molecule is CCCCOC1CC(C(C)(C)CC)CCC1NCC. The molecule has 114 valence electrons. The molecule has 0 amide bonds. The molecule has 2 heteroatoms. The van der Waals surface area contributed by atoms with E-state index >= 15 is 0 Å². The van der Waals surface area contributed by atoms with Crippen molar-refractivity contribution in [2.45, 2.75) is 85.3 Å². The van der Waals surface area contributed by atoms with Crippen molar-refractivity contribution in [1.29, 1.82) is 0 Å². The Morgan fingerprint density at radius 3 is 2.47 bits per heavy atom. The lowest BCUT2D eigenvalue weighted by Crippen LogP contribution is -2.47. The van der Waals surface area contributed by atoms with Gasteiger partial charge in [0.15, 0.2) is 0 Å². The molecular weight excluding hydrogens is 234 g/mol. The molecule has 1 aliphatic rings. The zero-order valence-electron chi connectivity index (χ0n) is 13.8.